The molecule has 0 spiro atoms. The number of nitrogens with one attached hydrogen (secondary N) is 1. The highest BCUT2D eigenvalue weighted by atomic mass is 32.2. The van der Waals surface area contributed by atoms with Crippen LogP contribution in [0, 0.1) is 0 Å². The fourth-order valence-corrected chi connectivity index (χ4v) is 5.07. The molecule has 2 aliphatic rings. The second-order valence-corrected chi connectivity index (χ2v) is 8.16. The third kappa shape index (κ3) is 2.70. The van der Waals surface area contributed by atoms with Crippen molar-refractivity contribution in [3.8, 4) is 0 Å². The van der Waals surface area contributed by atoms with Gasteiger partial charge in [-0.2, -0.15) is 11.8 Å². The Balaban J connectivity index is 1.82. The smallest absolute Gasteiger partial charge is 0.328 e. The molecule has 2 fully saturated rings. The van der Waals surface area contributed by atoms with E-state index in [9.17, 15) is 4.79 Å². The van der Waals surface area contributed by atoms with Crippen LogP contribution in [0.1, 0.15) is 25.7 Å². The van der Waals surface area contributed by atoms with E-state index in [2.05, 4.69) is 22.3 Å². The van der Waals surface area contributed by atoms with Gasteiger partial charge in [0.15, 0.2) is 0 Å². The normalized spacial score (nSPS) is 21.6. The molecule has 2 aromatic rings. The van der Waals surface area contributed by atoms with Gasteiger partial charge in [0, 0.05) is 39.0 Å². The van der Waals surface area contributed by atoms with Crippen LogP contribution in [-0.2, 0) is 14.1 Å². The summed E-state index contributed by atoms with van der Waals surface area (Å²) in [7, 11) is 3.73. The number of hydrogen-bond acceptors (Lipinski definition) is 4. The van der Waals surface area contributed by atoms with E-state index in [1.165, 1.54) is 48.6 Å². The van der Waals surface area contributed by atoms with Gasteiger partial charge in [0.25, 0.3) is 0 Å². The van der Waals surface area contributed by atoms with E-state index in [0.717, 1.165) is 24.1 Å². The van der Waals surface area contributed by atoms with Crippen LogP contribution in [0.15, 0.2) is 16.9 Å². The molecule has 0 saturated carbocycles. The number of imidazole rings is 1. The molecule has 2 aliphatic heterocycles. The lowest BCUT2D eigenvalue weighted by atomic mass is 10.1. The second kappa shape index (κ2) is 6.39. The van der Waals surface area contributed by atoms with Gasteiger partial charge in [-0.1, -0.05) is 0 Å². The molecule has 130 valence electrons. The third-order valence-corrected chi connectivity index (χ3v) is 6.54. The Kier molecular flexibility index (Phi) is 4.24. The summed E-state index contributed by atoms with van der Waals surface area (Å²) in [6, 6.07) is 4.94. The van der Waals surface area contributed by atoms with Crippen LogP contribution in [0.3, 0.4) is 0 Å². The van der Waals surface area contributed by atoms with Gasteiger partial charge < -0.3 is 10.2 Å². The molecule has 0 unspecified atom stereocenters. The largest absolute Gasteiger partial charge is 0.380 e. The summed E-state index contributed by atoms with van der Waals surface area (Å²) >= 11 is 2.02. The van der Waals surface area contributed by atoms with Crippen LogP contribution in [-0.4, -0.2) is 39.8 Å². The summed E-state index contributed by atoms with van der Waals surface area (Å²) in [5.74, 6) is 2.41. The molecular weight excluding hydrogens is 320 g/mol. The summed E-state index contributed by atoms with van der Waals surface area (Å²) in [6.07, 6.45) is 5.05. The highest BCUT2D eigenvalue weighted by molar-refractivity contribution is 7.99. The lowest BCUT2D eigenvalue weighted by Gasteiger charge is -2.31. The van der Waals surface area contributed by atoms with E-state index >= 15 is 0 Å². The summed E-state index contributed by atoms with van der Waals surface area (Å²) in [5.41, 5.74) is 4.53. The number of piperidine rings is 1. The SMILES string of the molecule is Cn1c(=O)n(C)c2cc(N3CCCCC3)c(N[C@H]3CCSC3)cc21. The van der Waals surface area contributed by atoms with E-state index in [1.54, 1.807) is 9.13 Å². The molecule has 4 rings (SSSR count). The minimum Gasteiger partial charge on any atom is -0.380 e. The van der Waals surface area contributed by atoms with Crippen LogP contribution >= 0.6 is 11.8 Å². The molecule has 5 nitrogen and oxygen atoms in total. The average Bonchev–Trinajstić information content (AvgIpc) is 3.19. The van der Waals surface area contributed by atoms with Gasteiger partial charge in [0.05, 0.1) is 22.4 Å². The third-order valence-electron chi connectivity index (χ3n) is 5.38. The highest BCUT2D eigenvalue weighted by Crippen LogP contribution is 2.34. The zero-order valence-corrected chi connectivity index (χ0v) is 15.4. The number of anilines is 2. The monoisotopic (exact) mass is 346 g/mol. The quantitative estimate of drug-likeness (QED) is 0.928. The predicted molar refractivity (Wildman–Crippen MR) is 104 cm³/mol. The van der Waals surface area contributed by atoms with Crippen molar-refractivity contribution in [1.82, 2.24) is 9.13 Å². The fourth-order valence-electron chi connectivity index (χ4n) is 3.91. The van der Waals surface area contributed by atoms with Gasteiger partial charge >= 0.3 is 5.69 Å². The number of thioether (sulfide) groups is 1. The second-order valence-electron chi connectivity index (χ2n) is 7.01. The zero-order valence-electron chi connectivity index (χ0n) is 14.5. The number of aromatic nitrogens is 2. The number of benzene rings is 1. The maximum atomic E-state index is 12.3. The molecule has 0 aliphatic carbocycles. The lowest BCUT2D eigenvalue weighted by molar-refractivity contribution is 0.578. The number of nitrogens with zero attached hydrogens (tertiary/aromatic N) is 3. The van der Waals surface area contributed by atoms with Gasteiger partial charge in [-0.3, -0.25) is 9.13 Å². The van der Waals surface area contributed by atoms with Crippen LogP contribution in [0.4, 0.5) is 11.4 Å². The molecule has 1 atom stereocenters. The molecule has 1 aromatic carbocycles. The molecule has 1 N–H and O–H groups in total. The van der Waals surface area contributed by atoms with Crippen molar-refractivity contribution in [1.29, 1.82) is 0 Å². The minimum absolute atomic E-state index is 0.0446. The Labute approximate surface area is 147 Å². The molecular formula is C18H26N4OS. The number of aryl methyl sites for hydroxylation is 2. The molecule has 3 heterocycles. The van der Waals surface area contributed by atoms with Gasteiger partial charge in [0.1, 0.15) is 0 Å². The Morgan fingerprint density at radius 1 is 1.08 bits per heavy atom. The molecule has 0 amide bonds. The van der Waals surface area contributed by atoms with E-state index < -0.39 is 0 Å². The Morgan fingerprint density at radius 2 is 1.79 bits per heavy atom. The fraction of sp³-hybridized carbons (Fsp3) is 0.611. The maximum absolute atomic E-state index is 12.3. The zero-order chi connectivity index (χ0) is 16.7. The molecule has 0 bridgehead atoms. The van der Waals surface area contributed by atoms with E-state index in [-0.39, 0.29) is 5.69 Å². The van der Waals surface area contributed by atoms with E-state index in [4.69, 9.17) is 0 Å². The van der Waals surface area contributed by atoms with Gasteiger partial charge in [0.2, 0.25) is 0 Å². The first-order valence-corrected chi connectivity index (χ1v) is 10.1. The van der Waals surface area contributed by atoms with Gasteiger partial charge in [-0.05, 0) is 43.6 Å². The van der Waals surface area contributed by atoms with Crippen LogP contribution in [0.2, 0.25) is 0 Å². The predicted octanol–water partition coefficient (Wildman–Crippen LogP) is 2.78. The van der Waals surface area contributed by atoms with Crippen molar-refractivity contribution in [2.24, 2.45) is 14.1 Å². The summed E-state index contributed by atoms with van der Waals surface area (Å²) < 4.78 is 3.52. The summed E-state index contributed by atoms with van der Waals surface area (Å²) in [5, 5.41) is 3.77. The van der Waals surface area contributed by atoms with Crippen molar-refractivity contribution in [2.75, 3.05) is 34.8 Å². The van der Waals surface area contributed by atoms with Crippen molar-refractivity contribution < 1.29 is 0 Å². The summed E-state index contributed by atoms with van der Waals surface area (Å²) in [4.78, 5) is 14.8. The van der Waals surface area contributed by atoms with Gasteiger partial charge in [-0.25, -0.2) is 4.79 Å². The first-order valence-electron chi connectivity index (χ1n) is 8.94. The highest BCUT2D eigenvalue weighted by Gasteiger charge is 2.22. The van der Waals surface area contributed by atoms with Crippen molar-refractivity contribution in [3.63, 3.8) is 0 Å². The standard InChI is InChI=1S/C18H26N4OS/c1-20-16-10-14(19-13-6-9-24-12-13)15(22-7-4-3-5-8-22)11-17(16)21(2)18(20)23/h10-11,13,19H,3-9,12H2,1-2H3/t13-/m0/s1. The Morgan fingerprint density at radius 3 is 2.46 bits per heavy atom. The van der Waals surface area contributed by atoms with Gasteiger partial charge in [-0.15, -0.1) is 0 Å². The van der Waals surface area contributed by atoms with Crippen LogP contribution in [0.5, 0.6) is 0 Å². The van der Waals surface area contributed by atoms with E-state index in [0.29, 0.717) is 6.04 Å². The van der Waals surface area contributed by atoms with E-state index in [1.807, 2.05) is 25.9 Å². The van der Waals surface area contributed by atoms with Crippen LogP contribution in [0.25, 0.3) is 11.0 Å². The van der Waals surface area contributed by atoms with Crippen molar-refractivity contribution in [2.45, 2.75) is 31.7 Å². The molecule has 24 heavy (non-hydrogen) atoms. The summed E-state index contributed by atoms with van der Waals surface area (Å²) in [6.45, 7) is 2.22. The molecule has 6 heteroatoms. The maximum Gasteiger partial charge on any atom is 0.328 e. The van der Waals surface area contributed by atoms with Crippen molar-refractivity contribution in [3.05, 3.63) is 22.6 Å². The topological polar surface area (TPSA) is 42.2 Å². The molecule has 1 aromatic heterocycles. The average molecular weight is 347 g/mol. The first-order chi connectivity index (χ1) is 11.6. The lowest BCUT2D eigenvalue weighted by Crippen LogP contribution is -2.31. The molecule has 0 radical (unpaired) electrons. The number of rotatable bonds is 3. The minimum atomic E-state index is 0.0446. The van der Waals surface area contributed by atoms with Crippen LogP contribution < -0.4 is 15.9 Å². The first kappa shape index (κ1) is 15.9. The van der Waals surface area contributed by atoms with Crippen molar-refractivity contribution >= 4 is 34.2 Å². The Hall–Kier alpha value is -1.56. The number of hydrogen-bond donors (Lipinski definition) is 1. The number of fused-ring (bicyclic) bond motifs is 1. The Bertz CT molecular complexity index is 797. The molecule has 2 saturated heterocycles.